The van der Waals surface area contributed by atoms with Crippen molar-refractivity contribution in [1.82, 2.24) is 26.1 Å². The highest BCUT2D eigenvalue weighted by molar-refractivity contribution is 5.79. The van der Waals surface area contributed by atoms with Crippen LogP contribution in [0.1, 0.15) is 61.9 Å². The molecule has 2 saturated heterocycles. The lowest BCUT2D eigenvalue weighted by molar-refractivity contribution is -0.127. The highest BCUT2D eigenvalue weighted by Crippen LogP contribution is 2.40. The monoisotopic (exact) mass is 495 g/mol. The first kappa shape index (κ1) is 25.1. The van der Waals surface area contributed by atoms with Crippen molar-refractivity contribution >= 4 is 5.91 Å². The van der Waals surface area contributed by atoms with Crippen LogP contribution in [-0.4, -0.2) is 47.6 Å². The van der Waals surface area contributed by atoms with Gasteiger partial charge in [0.25, 0.3) is 0 Å². The molecular weight excluding hydrogens is 457 g/mol. The molecule has 36 heavy (non-hydrogen) atoms. The molecule has 2 aromatic rings. The molecule has 1 aromatic carbocycles. The third kappa shape index (κ3) is 5.26. The van der Waals surface area contributed by atoms with Crippen molar-refractivity contribution in [2.75, 3.05) is 13.7 Å². The minimum absolute atomic E-state index is 0.0119. The normalized spacial score (nSPS) is 30.6. The molecule has 1 amide bonds. The number of amides is 1. The highest BCUT2D eigenvalue weighted by Gasteiger charge is 2.43. The van der Waals surface area contributed by atoms with E-state index in [-0.39, 0.29) is 29.7 Å². The number of hydrazine groups is 1. The summed E-state index contributed by atoms with van der Waals surface area (Å²) in [4.78, 5) is 20.0. The number of nitrogens with zero attached hydrogens (tertiary/aromatic N) is 2. The molecule has 5 rings (SSSR count). The van der Waals surface area contributed by atoms with E-state index in [0.29, 0.717) is 42.4 Å². The number of methoxy groups -OCH3 is 1. The van der Waals surface area contributed by atoms with E-state index in [2.05, 4.69) is 45.1 Å². The summed E-state index contributed by atoms with van der Waals surface area (Å²) in [7, 11) is 1.57. The van der Waals surface area contributed by atoms with Gasteiger partial charge in [0.05, 0.1) is 13.2 Å². The fourth-order valence-electron chi connectivity index (χ4n) is 6.31. The largest absolute Gasteiger partial charge is 0.496 e. The van der Waals surface area contributed by atoms with Crippen molar-refractivity contribution in [3.05, 3.63) is 59.2 Å². The van der Waals surface area contributed by atoms with Gasteiger partial charge in [-0.3, -0.25) is 20.1 Å². The number of nitrogens with one attached hydrogen (secondary N) is 3. The number of ether oxygens (including phenoxy) is 1. The zero-order valence-electron chi connectivity index (χ0n) is 21.5. The van der Waals surface area contributed by atoms with Crippen molar-refractivity contribution in [3.63, 3.8) is 0 Å². The number of halogens is 1. The van der Waals surface area contributed by atoms with E-state index in [1.165, 1.54) is 11.6 Å². The lowest BCUT2D eigenvalue weighted by atomic mass is 9.74. The molecule has 3 N–H and O–H groups in total. The number of hydrogen-bond donors (Lipinski definition) is 3. The van der Waals surface area contributed by atoms with Crippen molar-refractivity contribution in [2.24, 2.45) is 11.8 Å². The first-order valence-corrected chi connectivity index (χ1v) is 13.2. The molecule has 2 aliphatic heterocycles. The van der Waals surface area contributed by atoms with Gasteiger partial charge in [0.15, 0.2) is 0 Å². The standard InChI is InChI=1S/C28H38FN5O2/c1-17-13-19(11-12-30-17)27-22-14-20(8-10-25(22)32-33-27)28(35)31-21-9-7-18(2)34(15-21)16-23-24(29)5-4-6-26(23)36-3/h4-6,11-13,18,20-22,25,27,32-33H,7-10,14-16H2,1-3H3,(H,31,35). The quantitative estimate of drug-likeness (QED) is 0.568. The Morgan fingerprint density at radius 2 is 2.08 bits per heavy atom. The number of pyridine rings is 1. The van der Waals surface area contributed by atoms with Gasteiger partial charge in [-0.05, 0) is 81.7 Å². The molecule has 194 valence electrons. The van der Waals surface area contributed by atoms with E-state index in [4.69, 9.17) is 4.74 Å². The molecule has 0 radical (unpaired) electrons. The van der Waals surface area contributed by atoms with Crippen LogP contribution in [-0.2, 0) is 11.3 Å². The number of likely N-dealkylation sites (tertiary alicyclic amines) is 1. The molecule has 7 nitrogen and oxygen atoms in total. The molecule has 6 unspecified atom stereocenters. The molecule has 6 atom stereocenters. The fraction of sp³-hybridized carbons (Fsp3) is 0.571. The van der Waals surface area contributed by atoms with Gasteiger partial charge >= 0.3 is 0 Å². The first-order valence-electron chi connectivity index (χ1n) is 13.2. The highest BCUT2D eigenvalue weighted by atomic mass is 19.1. The lowest BCUT2D eigenvalue weighted by Gasteiger charge is -2.39. The Balaban J connectivity index is 1.21. The Morgan fingerprint density at radius 3 is 2.89 bits per heavy atom. The summed E-state index contributed by atoms with van der Waals surface area (Å²) in [5.41, 5.74) is 9.75. The molecule has 1 aliphatic carbocycles. The van der Waals surface area contributed by atoms with Crippen LogP contribution >= 0.6 is 0 Å². The van der Waals surface area contributed by atoms with Gasteiger partial charge in [0, 0.05) is 54.6 Å². The third-order valence-corrected chi connectivity index (χ3v) is 8.42. The van der Waals surface area contributed by atoms with Crippen LogP contribution in [0.2, 0.25) is 0 Å². The molecule has 8 heteroatoms. The second kappa shape index (κ2) is 10.8. The SMILES string of the molecule is COc1cccc(F)c1CN1CC(NC(=O)C2CCC3NNC(c4ccnc(C)c4)C3C2)CCC1C. The Morgan fingerprint density at radius 1 is 1.22 bits per heavy atom. The maximum absolute atomic E-state index is 14.6. The van der Waals surface area contributed by atoms with Crippen LogP contribution in [0.4, 0.5) is 4.39 Å². The van der Waals surface area contributed by atoms with Crippen molar-refractivity contribution < 1.29 is 13.9 Å². The average molecular weight is 496 g/mol. The van der Waals surface area contributed by atoms with Gasteiger partial charge < -0.3 is 10.1 Å². The smallest absolute Gasteiger partial charge is 0.223 e. The molecule has 1 saturated carbocycles. The van der Waals surface area contributed by atoms with E-state index < -0.39 is 0 Å². The van der Waals surface area contributed by atoms with Crippen molar-refractivity contribution in [1.29, 1.82) is 0 Å². The maximum atomic E-state index is 14.6. The Bertz CT molecular complexity index is 1080. The number of benzene rings is 1. The van der Waals surface area contributed by atoms with Crippen LogP contribution in [0, 0.1) is 24.6 Å². The number of piperidine rings is 1. The second-order valence-electron chi connectivity index (χ2n) is 10.8. The van der Waals surface area contributed by atoms with Crippen molar-refractivity contribution in [3.8, 4) is 5.75 Å². The van der Waals surface area contributed by atoms with Crippen LogP contribution < -0.4 is 20.9 Å². The second-order valence-corrected chi connectivity index (χ2v) is 10.8. The molecule has 0 bridgehead atoms. The number of aryl methyl sites for hydroxylation is 1. The van der Waals surface area contributed by atoms with Gasteiger partial charge in [0.2, 0.25) is 5.91 Å². The summed E-state index contributed by atoms with van der Waals surface area (Å²) in [5, 5.41) is 3.36. The lowest BCUT2D eigenvalue weighted by Crippen LogP contribution is -2.52. The van der Waals surface area contributed by atoms with Gasteiger partial charge in [-0.2, -0.15) is 0 Å². The summed E-state index contributed by atoms with van der Waals surface area (Å²) in [6.07, 6.45) is 6.51. The Labute approximate surface area is 213 Å². The molecule has 1 aromatic heterocycles. The predicted molar refractivity (Wildman–Crippen MR) is 137 cm³/mol. The zero-order chi connectivity index (χ0) is 25.2. The summed E-state index contributed by atoms with van der Waals surface area (Å²) in [5.74, 6) is 0.864. The molecule has 0 spiro atoms. The van der Waals surface area contributed by atoms with E-state index >= 15 is 0 Å². The number of fused-ring (bicyclic) bond motifs is 1. The fourth-order valence-corrected chi connectivity index (χ4v) is 6.31. The van der Waals surface area contributed by atoms with Gasteiger partial charge in [-0.1, -0.05) is 6.07 Å². The van der Waals surface area contributed by atoms with E-state index in [9.17, 15) is 9.18 Å². The molecule has 3 heterocycles. The Hall–Kier alpha value is -2.55. The minimum Gasteiger partial charge on any atom is -0.496 e. The first-order chi connectivity index (χ1) is 17.4. The molecule has 3 aliphatic rings. The van der Waals surface area contributed by atoms with E-state index in [1.54, 1.807) is 19.2 Å². The summed E-state index contributed by atoms with van der Waals surface area (Å²) < 4.78 is 20.0. The minimum atomic E-state index is -0.248. The topological polar surface area (TPSA) is 78.5 Å². The number of rotatable bonds is 6. The van der Waals surface area contributed by atoms with Crippen LogP contribution in [0.15, 0.2) is 36.5 Å². The zero-order valence-corrected chi connectivity index (χ0v) is 21.5. The number of carbonyl (C=O) groups excluding carboxylic acids is 1. The summed E-state index contributed by atoms with van der Waals surface area (Å²) in [6, 6.07) is 10.1. The van der Waals surface area contributed by atoms with Gasteiger partial charge in [-0.25, -0.2) is 9.82 Å². The third-order valence-electron chi connectivity index (χ3n) is 8.42. The van der Waals surface area contributed by atoms with Crippen LogP contribution in [0.3, 0.4) is 0 Å². The summed E-state index contributed by atoms with van der Waals surface area (Å²) >= 11 is 0. The van der Waals surface area contributed by atoms with Gasteiger partial charge in [-0.15, -0.1) is 0 Å². The Kier molecular flexibility index (Phi) is 7.55. The molecular formula is C28H38FN5O2. The summed E-state index contributed by atoms with van der Waals surface area (Å²) in [6.45, 7) is 5.37. The molecule has 3 fully saturated rings. The average Bonchev–Trinajstić information content (AvgIpc) is 3.30. The van der Waals surface area contributed by atoms with E-state index in [1.807, 2.05) is 13.1 Å². The van der Waals surface area contributed by atoms with E-state index in [0.717, 1.165) is 37.8 Å². The van der Waals surface area contributed by atoms with Crippen LogP contribution in [0.5, 0.6) is 5.75 Å². The van der Waals surface area contributed by atoms with Crippen LogP contribution in [0.25, 0.3) is 0 Å². The number of carbonyl (C=O) groups is 1. The number of hydrogen-bond acceptors (Lipinski definition) is 6. The van der Waals surface area contributed by atoms with Gasteiger partial charge in [0.1, 0.15) is 11.6 Å². The predicted octanol–water partition coefficient (Wildman–Crippen LogP) is 3.64. The maximum Gasteiger partial charge on any atom is 0.223 e. The number of aromatic nitrogens is 1. The van der Waals surface area contributed by atoms with Crippen molar-refractivity contribution in [2.45, 2.75) is 76.7 Å².